The van der Waals surface area contributed by atoms with E-state index < -0.39 is 0 Å². The first-order chi connectivity index (χ1) is 9.58. The maximum Gasteiger partial charge on any atom is 0.322 e. The molecule has 1 aromatic rings. The number of anilines is 1. The van der Waals surface area contributed by atoms with Crippen LogP contribution in [0, 0.1) is 5.92 Å². The monoisotopic (exact) mass is 299 g/mol. The van der Waals surface area contributed by atoms with E-state index in [9.17, 15) is 4.79 Å². The first kappa shape index (κ1) is 14.8. The number of carbonyl (C=O) groups excluding carboxylic acids is 1. The van der Waals surface area contributed by atoms with E-state index in [-0.39, 0.29) is 17.2 Å². The zero-order chi connectivity index (χ0) is 14.5. The molecule has 1 amide bonds. The molecule has 110 valence electrons. The first-order valence-electron chi connectivity index (χ1n) is 6.53. The third-order valence-corrected chi connectivity index (χ3v) is 3.46. The highest BCUT2D eigenvalue weighted by atomic mass is 35.5. The minimum Gasteiger partial charge on any atom is -0.467 e. The summed E-state index contributed by atoms with van der Waals surface area (Å²) in [7, 11) is 1.50. The number of aromatic nitrogens is 3. The molecule has 1 N–H and O–H groups in total. The smallest absolute Gasteiger partial charge is 0.322 e. The minimum absolute atomic E-state index is 0.0152. The van der Waals surface area contributed by atoms with Crippen molar-refractivity contribution >= 4 is 23.5 Å². The highest BCUT2D eigenvalue weighted by Crippen LogP contribution is 2.22. The molecular formula is C12H18ClN5O2. The lowest BCUT2D eigenvalue weighted by atomic mass is 9.97. The summed E-state index contributed by atoms with van der Waals surface area (Å²) in [4.78, 5) is 25.1. The Morgan fingerprint density at radius 2 is 2.10 bits per heavy atom. The predicted molar refractivity (Wildman–Crippen MR) is 75.0 cm³/mol. The van der Waals surface area contributed by atoms with Crippen LogP contribution in [0.25, 0.3) is 0 Å². The van der Waals surface area contributed by atoms with Crippen molar-refractivity contribution in [1.82, 2.24) is 20.3 Å². The molecule has 0 radical (unpaired) electrons. The molecule has 1 aliphatic rings. The number of halogens is 1. The Labute approximate surface area is 122 Å². The number of methoxy groups -OCH3 is 1. The van der Waals surface area contributed by atoms with E-state index >= 15 is 0 Å². The molecule has 0 spiro atoms. The van der Waals surface area contributed by atoms with Gasteiger partial charge in [0.05, 0.1) is 7.11 Å². The van der Waals surface area contributed by atoms with Gasteiger partial charge in [0.1, 0.15) is 0 Å². The largest absolute Gasteiger partial charge is 0.467 e. The van der Waals surface area contributed by atoms with E-state index in [1.54, 1.807) is 0 Å². The third kappa shape index (κ3) is 3.93. The molecule has 1 aliphatic heterocycles. The van der Waals surface area contributed by atoms with Crippen molar-refractivity contribution < 1.29 is 9.53 Å². The Hall–Kier alpha value is -1.63. The molecule has 1 aromatic heterocycles. The molecule has 0 aliphatic carbocycles. The van der Waals surface area contributed by atoms with Crippen molar-refractivity contribution in [3.8, 4) is 6.01 Å². The van der Waals surface area contributed by atoms with Gasteiger partial charge in [0.15, 0.2) is 0 Å². The fourth-order valence-corrected chi connectivity index (χ4v) is 2.33. The first-order valence-corrected chi connectivity index (χ1v) is 6.91. The molecule has 0 atom stereocenters. The number of ether oxygens (including phenoxy) is 1. The summed E-state index contributed by atoms with van der Waals surface area (Å²) in [6.45, 7) is 3.92. The molecule has 7 nitrogen and oxygen atoms in total. The molecule has 0 aromatic carbocycles. The third-order valence-electron chi connectivity index (χ3n) is 3.30. The van der Waals surface area contributed by atoms with E-state index in [1.807, 2.05) is 0 Å². The van der Waals surface area contributed by atoms with E-state index in [4.69, 9.17) is 16.3 Å². The Bertz CT molecular complexity index is 477. The SMILES string of the molecule is COc1nc(Cl)nc(N2CCC(CNC(C)=O)CC2)n1. The van der Waals surface area contributed by atoms with Gasteiger partial charge in [-0.25, -0.2) is 0 Å². The van der Waals surface area contributed by atoms with Crippen molar-refractivity contribution in [3.63, 3.8) is 0 Å². The van der Waals surface area contributed by atoms with Crippen molar-refractivity contribution in [2.45, 2.75) is 19.8 Å². The number of hydrogen-bond acceptors (Lipinski definition) is 6. The van der Waals surface area contributed by atoms with E-state index in [2.05, 4.69) is 25.2 Å². The molecule has 2 heterocycles. The minimum atomic E-state index is 0.0152. The highest BCUT2D eigenvalue weighted by molar-refractivity contribution is 6.28. The normalized spacial score (nSPS) is 16.1. The Morgan fingerprint density at radius 1 is 1.40 bits per heavy atom. The molecule has 8 heteroatoms. The molecular weight excluding hydrogens is 282 g/mol. The van der Waals surface area contributed by atoms with Gasteiger partial charge >= 0.3 is 6.01 Å². The van der Waals surface area contributed by atoms with Gasteiger partial charge in [0.25, 0.3) is 0 Å². The summed E-state index contributed by atoms with van der Waals surface area (Å²) < 4.78 is 4.99. The van der Waals surface area contributed by atoms with Crippen molar-refractivity contribution in [3.05, 3.63) is 5.28 Å². The van der Waals surface area contributed by atoms with Gasteiger partial charge < -0.3 is 15.0 Å². The molecule has 0 bridgehead atoms. The molecule has 0 unspecified atom stereocenters. The van der Waals surface area contributed by atoms with Crippen LogP contribution < -0.4 is 15.0 Å². The average molecular weight is 300 g/mol. The van der Waals surface area contributed by atoms with Crippen LogP contribution in [-0.4, -0.2) is 47.6 Å². The van der Waals surface area contributed by atoms with Crippen LogP contribution in [0.2, 0.25) is 5.28 Å². The quantitative estimate of drug-likeness (QED) is 0.889. The highest BCUT2D eigenvalue weighted by Gasteiger charge is 2.22. The molecule has 2 rings (SSSR count). The average Bonchev–Trinajstić information content (AvgIpc) is 2.45. The number of rotatable bonds is 4. The lowest BCUT2D eigenvalue weighted by Gasteiger charge is -2.31. The summed E-state index contributed by atoms with van der Waals surface area (Å²) in [6.07, 6.45) is 1.96. The van der Waals surface area contributed by atoms with Gasteiger partial charge in [0.2, 0.25) is 17.1 Å². The van der Waals surface area contributed by atoms with Gasteiger partial charge in [-0.2, -0.15) is 15.0 Å². The van der Waals surface area contributed by atoms with Crippen molar-refractivity contribution in [2.75, 3.05) is 31.6 Å². The van der Waals surface area contributed by atoms with E-state index in [0.29, 0.717) is 11.9 Å². The van der Waals surface area contributed by atoms with Gasteiger partial charge in [0, 0.05) is 26.6 Å². The second-order valence-corrected chi connectivity index (χ2v) is 5.10. The lowest BCUT2D eigenvalue weighted by molar-refractivity contribution is -0.119. The topological polar surface area (TPSA) is 80.2 Å². The Balaban J connectivity index is 1.93. The van der Waals surface area contributed by atoms with Crippen LogP contribution in [0.4, 0.5) is 5.95 Å². The number of hydrogen-bond donors (Lipinski definition) is 1. The maximum atomic E-state index is 10.9. The zero-order valence-corrected chi connectivity index (χ0v) is 12.4. The van der Waals surface area contributed by atoms with Crippen molar-refractivity contribution in [2.24, 2.45) is 5.92 Å². The molecule has 1 fully saturated rings. The second kappa shape index (κ2) is 6.69. The van der Waals surface area contributed by atoms with Gasteiger partial charge in [-0.1, -0.05) is 0 Å². The fraction of sp³-hybridized carbons (Fsp3) is 0.667. The van der Waals surface area contributed by atoms with Crippen LogP contribution in [0.5, 0.6) is 6.01 Å². The Kier molecular flexibility index (Phi) is 4.94. The summed E-state index contributed by atoms with van der Waals surface area (Å²) in [5.74, 6) is 1.05. The number of nitrogens with one attached hydrogen (secondary N) is 1. The Morgan fingerprint density at radius 3 is 2.70 bits per heavy atom. The van der Waals surface area contributed by atoms with Crippen molar-refractivity contribution in [1.29, 1.82) is 0 Å². The molecule has 20 heavy (non-hydrogen) atoms. The van der Waals surface area contributed by atoms with Crippen LogP contribution in [-0.2, 0) is 4.79 Å². The fourth-order valence-electron chi connectivity index (χ4n) is 2.18. The van der Waals surface area contributed by atoms with E-state index in [1.165, 1.54) is 14.0 Å². The summed E-state index contributed by atoms with van der Waals surface area (Å²) >= 11 is 5.84. The van der Waals surface area contributed by atoms with Gasteiger partial charge in [-0.3, -0.25) is 4.79 Å². The number of amides is 1. The van der Waals surface area contributed by atoms with Crippen LogP contribution in [0.3, 0.4) is 0 Å². The zero-order valence-electron chi connectivity index (χ0n) is 11.6. The van der Waals surface area contributed by atoms with Crippen LogP contribution in [0.15, 0.2) is 0 Å². The van der Waals surface area contributed by atoms with E-state index in [0.717, 1.165) is 32.5 Å². The summed E-state index contributed by atoms with van der Waals surface area (Å²) in [6, 6.07) is 0.223. The number of carbonyl (C=O) groups is 1. The van der Waals surface area contributed by atoms with Crippen LogP contribution in [0.1, 0.15) is 19.8 Å². The summed E-state index contributed by atoms with van der Waals surface area (Å²) in [5.41, 5.74) is 0. The number of nitrogens with zero attached hydrogens (tertiary/aromatic N) is 4. The standard InChI is InChI=1S/C12H18ClN5O2/c1-8(19)14-7-9-3-5-18(6-4-9)11-15-10(13)16-12(17-11)20-2/h9H,3-7H2,1-2H3,(H,14,19). The molecule has 0 saturated carbocycles. The van der Waals surface area contributed by atoms with Gasteiger partial charge in [-0.05, 0) is 30.4 Å². The van der Waals surface area contributed by atoms with Crippen LogP contribution >= 0.6 is 11.6 Å². The summed E-state index contributed by atoms with van der Waals surface area (Å²) in [5, 5.41) is 2.99. The number of piperidine rings is 1. The molecule has 1 saturated heterocycles. The predicted octanol–water partition coefficient (Wildman–Crippen LogP) is 0.886. The maximum absolute atomic E-state index is 10.9. The second-order valence-electron chi connectivity index (χ2n) is 4.76. The lowest BCUT2D eigenvalue weighted by Crippen LogP contribution is -2.39. The van der Waals surface area contributed by atoms with Gasteiger partial charge in [-0.15, -0.1) is 0 Å².